The summed E-state index contributed by atoms with van der Waals surface area (Å²) in [4.78, 5) is 26.1. The molecular formula is C15H21N3O3. The second kappa shape index (κ2) is 6.58. The first-order valence-corrected chi connectivity index (χ1v) is 6.93. The van der Waals surface area contributed by atoms with Crippen LogP contribution in [-0.2, 0) is 23.1 Å². The Hall–Kier alpha value is -2.08. The van der Waals surface area contributed by atoms with Crippen LogP contribution in [0.4, 0.5) is 0 Å². The van der Waals surface area contributed by atoms with Gasteiger partial charge in [0, 0.05) is 34.4 Å². The predicted octanol–water partition coefficient (Wildman–Crippen LogP) is 0.835. The van der Waals surface area contributed by atoms with Gasteiger partial charge < -0.3 is 9.64 Å². The van der Waals surface area contributed by atoms with Crippen LogP contribution in [0.3, 0.4) is 0 Å². The number of fused-ring (bicyclic) bond motifs is 1. The summed E-state index contributed by atoms with van der Waals surface area (Å²) in [5, 5.41) is 0. The molecule has 114 valence electrons. The molecule has 0 fully saturated rings. The number of carbonyl (C=O) groups excluding carboxylic acids is 1. The van der Waals surface area contributed by atoms with Crippen molar-refractivity contribution >= 4 is 16.9 Å². The third-order valence-corrected chi connectivity index (χ3v) is 3.61. The lowest BCUT2D eigenvalue weighted by molar-refractivity contribution is -0.130. The summed E-state index contributed by atoms with van der Waals surface area (Å²) in [6.07, 6.45) is 0.781. The van der Waals surface area contributed by atoms with E-state index in [1.165, 1.54) is 4.57 Å². The van der Waals surface area contributed by atoms with Crippen molar-refractivity contribution in [1.29, 1.82) is 0 Å². The summed E-state index contributed by atoms with van der Waals surface area (Å²) >= 11 is 0. The van der Waals surface area contributed by atoms with E-state index in [0.29, 0.717) is 13.2 Å². The zero-order valence-electron chi connectivity index (χ0n) is 12.7. The Labute approximate surface area is 123 Å². The summed E-state index contributed by atoms with van der Waals surface area (Å²) in [7, 11) is 5.10. The normalized spacial score (nSPS) is 11.0. The van der Waals surface area contributed by atoms with Gasteiger partial charge in [0.2, 0.25) is 5.91 Å². The van der Waals surface area contributed by atoms with Crippen LogP contribution in [0, 0.1) is 0 Å². The lowest BCUT2D eigenvalue weighted by atomic mass is 10.3. The average molecular weight is 291 g/mol. The van der Waals surface area contributed by atoms with E-state index in [1.54, 1.807) is 30.7 Å². The molecule has 0 bridgehead atoms. The van der Waals surface area contributed by atoms with Crippen LogP contribution in [0.2, 0.25) is 0 Å². The third-order valence-electron chi connectivity index (χ3n) is 3.61. The van der Waals surface area contributed by atoms with Gasteiger partial charge in [-0.25, -0.2) is 4.79 Å². The van der Waals surface area contributed by atoms with Crippen molar-refractivity contribution in [2.75, 3.05) is 27.3 Å². The fourth-order valence-corrected chi connectivity index (χ4v) is 2.34. The second-order valence-corrected chi connectivity index (χ2v) is 5.08. The number of rotatable bonds is 6. The van der Waals surface area contributed by atoms with Crippen LogP contribution < -0.4 is 5.69 Å². The van der Waals surface area contributed by atoms with Crippen molar-refractivity contribution in [2.45, 2.75) is 13.0 Å². The predicted molar refractivity (Wildman–Crippen MR) is 81.3 cm³/mol. The molecule has 0 aliphatic heterocycles. The maximum atomic E-state index is 12.2. The minimum atomic E-state index is -0.171. The molecule has 0 spiro atoms. The first kappa shape index (κ1) is 15.3. The molecule has 0 aliphatic rings. The highest BCUT2D eigenvalue weighted by molar-refractivity contribution is 5.80. The minimum Gasteiger partial charge on any atom is -0.385 e. The van der Waals surface area contributed by atoms with Gasteiger partial charge in [-0.1, -0.05) is 12.1 Å². The molecule has 0 radical (unpaired) electrons. The van der Waals surface area contributed by atoms with Gasteiger partial charge in [0.25, 0.3) is 0 Å². The van der Waals surface area contributed by atoms with E-state index < -0.39 is 0 Å². The summed E-state index contributed by atoms with van der Waals surface area (Å²) in [5.74, 6) is -0.0791. The molecule has 0 atom stereocenters. The standard InChI is InChI=1S/C15H21N3O3/c1-16(9-6-10-21-3)14(19)11-18-13-8-5-4-7-12(13)17(2)15(18)20/h4-5,7-8H,6,9-11H2,1-3H3. The SMILES string of the molecule is COCCCN(C)C(=O)Cn1c(=O)n(C)c2ccccc21. The van der Waals surface area contributed by atoms with Crippen LogP contribution in [-0.4, -0.2) is 47.3 Å². The van der Waals surface area contributed by atoms with Gasteiger partial charge in [0.15, 0.2) is 0 Å². The Morgan fingerprint density at radius 3 is 2.62 bits per heavy atom. The highest BCUT2D eigenvalue weighted by Gasteiger charge is 2.15. The number of hydrogen-bond acceptors (Lipinski definition) is 3. The number of aromatic nitrogens is 2. The number of benzene rings is 1. The first-order chi connectivity index (χ1) is 10.1. The molecule has 21 heavy (non-hydrogen) atoms. The van der Waals surface area contributed by atoms with Gasteiger partial charge >= 0.3 is 5.69 Å². The molecule has 6 heteroatoms. The number of aryl methyl sites for hydroxylation is 1. The molecule has 1 aromatic heterocycles. The molecular weight excluding hydrogens is 270 g/mol. The Morgan fingerprint density at radius 2 is 1.95 bits per heavy atom. The van der Waals surface area contributed by atoms with Crippen LogP contribution in [0.5, 0.6) is 0 Å². The average Bonchev–Trinajstić information content (AvgIpc) is 2.73. The van der Waals surface area contributed by atoms with Crippen molar-refractivity contribution < 1.29 is 9.53 Å². The zero-order valence-corrected chi connectivity index (χ0v) is 12.7. The van der Waals surface area contributed by atoms with Crippen LogP contribution in [0.1, 0.15) is 6.42 Å². The fraction of sp³-hybridized carbons (Fsp3) is 0.467. The van der Waals surface area contributed by atoms with E-state index >= 15 is 0 Å². The number of imidazole rings is 1. The van der Waals surface area contributed by atoms with Gasteiger partial charge in [-0.05, 0) is 18.6 Å². The summed E-state index contributed by atoms with van der Waals surface area (Å²) in [6.45, 7) is 1.29. The lowest BCUT2D eigenvalue weighted by Crippen LogP contribution is -2.35. The van der Waals surface area contributed by atoms with Crippen molar-refractivity contribution in [2.24, 2.45) is 7.05 Å². The van der Waals surface area contributed by atoms with E-state index in [1.807, 2.05) is 24.3 Å². The Bertz CT molecular complexity index is 687. The molecule has 2 rings (SSSR count). The summed E-state index contributed by atoms with van der Waals surface area (Å²) < 4.78 is 8.06. The molecule has 0 saturated carbocycles. The zero-order chi connectivity index (χ0) is 15.4. The maximum absolute atomic E-state index is 12.2. The third kappa shape index (κ3) is 3.16. The van der Waals surface area contributed by atoms with Gasteiger partial charge in [0.1, 0.15) is 6.54 Å². The number of likely N-dealkylation sites (N-methyl/N-ethyl adjacent to an activating group) is 1. The quantitative estimate of drug-likeness (QED) is 0.741. The Balaban J connectivity index is 2.18. The maximum Gasteiger partial charge on any atom is 0.329 e. The van der Waals surface area contributed by atoms with Crippen molar-refractivity contribution in [3.8, 4) is 0 Å². The second-order valence-electron chi connectivity index (χ2n) is 5.08. The molecule has 1 heterocycles. The van der Waals surface area contributed by atoms with E-state index in [-0.39, 0.29) is 18.1 Å². The van der Waals surface area contributed by atoms with Gasteiger partial charge in [-0.15, -0.1) is 0 Å². The molecule has 1 aromatic carbocycles. The van der Waals surface area contributed by atoms with E-state index in [2.05, 4.69) is 0 Å². The number of carbonyl (C=O) groups is 1. The summed E-state index contributed by atoms with van der Waals surface area (Å²) in [6, 6.07) is 7.48. The van der Waals surface area contributed by atoms with Gasteiger partial charge in [-0.2, -0.15) is 0 Å². The topological polar surface area (TPSA) is 56.5 Å². The molecule has 0 saturated heterocycles. The highest BCUT2D eigenvalue weighted by Crippen LogP contribution is 2.11. The molecule has 0 aliphatic carbocycles. The minimum absolute atomic E-state index is 0.0592. The Morgan fingerprint density at radius 1 is 1.29 bits per heavy atom. The van der Waals surface area contributed by atoms with Crippen molar-refractivity contribution in [3.63, 3.8) is 0 Å². The van der Waals surface area contributed by atoms with Crippen LogP contribution >= 0.6 is 0 Å². The number of para-hydroxylation sites is 2. The molecule has 0 N–H and O–H groups in total. The number of methoxy groups -OCH3 is 1. The fourth-order valence-electron chi connectivity index (χ4n) is 2.34. The van der Waals surface area contributed by atoms with Crippen LogP contribution in [0.15, 0.2) is 29.1 Å². The Kier molecular flexibility index (Phi) is 4.80. The van der Waals surface area contributed by atoms with Crippen molar-refractivity contribution in [1.82, 2.24) is 14.0 Å². The smallest absolute Gasteiger partial charge is 0.329 e. The van der Waals surface area contributed by atoms with E-state index in [0.717, 1.165) is 17.5 Å². The van der Waals surface area contributed by atoms with Crippen LogP contribution in [0.25, 0.3) is 11.0 Å². The van der Waals surface area contributed by atoms with Gasteiger partial charge in [-0.3, -0.25) is 13.9 Å². The number of ether oxygens (including phenoxy) is 1. The monoisotopic (exact) mass is 291 g/mol. The lowest BCUT2D eigenvalue weighted by Gasteiger charge is -2.17. The molecule has 6 nitrogen and oxygen atoms in total. The number of hydrogen-bond donors (Lipinski definition) is 0. The molecule has 1 amide bonds. The number of nitrogens with zero attached hydrogens (tertiary/aromatic N) is 3. The largest absolute Gasteiger partial charge is 0.385 e. The number of amides is 1. The van der Waals surface area contributed by atoms with Crippen molar-refractivity contribution in [3.05, 3.63) is 34.7 Å². The molecule has 0 unspecified atom stereocenters. The highest BCUT2D eigenvalue weighted by atomic mass is 16.5. The van der Waals surface area contributed by atoms with E-state index in [9.17, 15) is 9.59 Å². The summed E-state index contributed by atoms with van der Waals surface area (Å²) in [5.41, 5.74) is 1.44. The first-order valence-electron chi connectivity index (χ1n) is 6.93. The van der Waals surface area contributed by atoms with E-state index in [4.69, 9.17) is 4.74 Å². The molecule has 2 aromatic rings. The van der Waals surface area contributed by atoms with Gasteiger partial charge in [0.05, 0.1) is 11.0 Å².